The molecule has 1 aromatic carbocycles. The predicted octanol–water partition coefficient (Wildman–Crippen LogP) is 3.22. The second-order valence-electron chi connectivity index (χ2n) is 4.99. The molecule has 2 N–H and O–H groups in total. The number of benzene rings is 1. The van der Waals surface area contributed by atoms with Crippen LogP contribution in [0.15, 0.2) is 35.8 Å². The first-order valence-electron chi connectivity index (χ1n) is 6.86. The van der Waals surface area contributed by atoms with Gasteiger partial charge in [0.05, 0.1) is 0 Å². The SMILES string of the molecule is c1csc(-c2ccc(NCC3CCNCC3)cc2)n1. The lowest BCUT2D eigenvalue weighted by atomic mass is 9.98. The van der Waals surface area contributed by atoms with E-state index in [-0.39, 0.29) is 0 Å². The van der Waals surface area contributed by atoms with Crippen LogP contribution < -0.4 is 10.6 Å². The van der Waals surface area contributed by atoms with Gasteiger partial charge in [-0.05, 0) is 56.1 Å². The Morgan fingerprint density at radius 1 is 1.21 bits per heavy atom. The van der Waals surface area contributed by atoms with Crippen molar-refractivity contribution in [1.82, 2.24) is 10.3 Å². The molecular formula is C15H19N3S. The van der Waals surface area contributed by atoms with E-state index in [0.717, 1.165) is 30.6 Å². The van der Waals surface area contributed by atoms with Crippen LogP contribution >= 0.6 is 11.3 Å². The van der Waals surface area contributed by atoms with Gasteiger partial charge >= 0.3 is 0 Å². The Hall–Kier alpha value is -1.39. The van der Waals surface area contributed by atoms with Crippen molar-refractivity contribution < 1.29 is 0 Å². The van der Waals surface area contributed by atoms with Gasteiger partial charge in [-0.1, -0.05) is 0 Å². The zero-order chi connectivity index (χ0) is 12.9. The maximum Gasteiger partial charge on any atom is 0.123 e. The van der Waals surface area contributed by atoms with Crippen molar-refractivity contribution >= 4 is 17.0 Å². The summed E-state index contributed by atoms with van der Waals surface area (Å²) in [6.45, 7) is 3.41. The molecule has 2 aromatic rings. The Morgan fingerprint density at radius 2 is 2.00 bits per heavy atom. The van der Waals surface area contributed by atoms with E-state index in [0.29, 0.717) is 0 Å². The summed E-state index contributed by atoms with van der Waals surface area (Å²) in [5, 5.41) is 10.0. The lowest BCUT2D eigenvalue weighted by Crippen LogP contribution is -2.31. The zero-order valence-electron chi connectivity index (χ0n) is 10.9. The minimum atomic E-state index is 0.805. The molecule has 0 bridgehead atoms. The van der Waals surface area contributed by atoms with Crippen molar-refractivity contribution in [2.45, 2.75) is 12.8 Å². The highest BCUT2D eigenvalue weighted by atomic mass is 32.1. The average Bonchev–Trinajstić information content (AvgIpc) is 3.01. The fraction of sp³-hybridized carbons (Fsp3) is 0.400. The van der Waals surface area contributed by atoms with Gasteiger partial charge in [-0.2, -0.15) is 0 Å². The van der Waals surface area contributed by atoms with Gasteiger partial charge in [0.1, 0.15) is 5.01 Å². The third kappa shape index (κ3) is 3.33. The van der Waals surface area contributed by atoms with E-state index in [9.17, 15) is 0 Å². The molecule has 0 radical (unpaired) electrons. The molecular weight excluding hydrogens is 254 g/mol. The number of nitrogens with one attached hydrogen (secondary N) is 2. The Morgan fingerprint density at radius 3 is 2.68 bits per heavy atom. The first-order chi connectivity index (χ1) is 9.42. The Balaban J connectivity index is 1.57. The van der Waals surface area contributed by atoms with E-state index >= 15 is 0 Å². The van der Waals surface area contributed by atoms with Gasteiger partial charge in [-0.25, -0.2) is 4.98 Å². The molecule has 0 unspecified atom stereocenters. The minimum Gasteiger partial charge on any atom is -0.385 e. The maximum atomic E-state index is 4.33. The molecule has 0 spiro atoms. The highest BCUT2D eigenvalue weighted by Gasteiger charge is 2.12. The van der Waals surface area contributed by atoms with E-state index in [4.69, 9.17) is 0 Å². The third-order valence-corrected chi connectivity index (χ3v) is 4.44. The molecule has 0 aliphatic carbocycles. The van der Waals surface area contributed by atoms with Crippen LogP contribution in [0.5, 0.6) is 0 Å². The summed E-state index contributed by atoms with van der Waals surface area (Å²) in [4.78, 5) is 4.33. The summed E-state index contributed by atoms with van der Waals surface area (Å²) in [7, 11) is 0. The van der Waals surface area contributed by atoms with Crippen molar-refractivity contribution in [3.63, 3.8) is 0 Å². The van der Waals surface area contributed by atoms with Crippen LogP contribution in [0.4, 0.5) is 5.69 Å². The molecule has 19 heavy (non-hydrogen) atoms. The zero-order valence-corrected chi connectivity index (χ0v) is 11.7. The summed E-state index contributed by atoms with van der Waals surface area (Å²) >= 11 is 1.68. The van der Waals surface area contributed by atoms with Gasteiger partial charge in [-0.3, -0.25) is 0 Å². The van der Waals surface area contributed by atoms with Gasteiger partial charge in [0.15, 0.2) is 0 Å². The Kier molecular flexibility index (Phi) is 4.10. The third-order valence-electron chi connectivity index (χ3n) is 3.62. The Labute approximate surface area is 118 Å². The molecule has 1 fully saturated rings. The summed E-state index contributed by atoms with van der Waals surface area (Å²) in [5.74, 6) is 0.805. The van der Waals surface area contributed by atoms with Crippen molar-refractivity contribution in [2.75, 3.05) is 25.0 Å². The molecule has 4 heteroatoms. The number of thiazole rings is 1. The van der Waals surface area contributed by atoms with E-state index in [2.05, 4.69) is 39.9 Å². The van der Waals surface area contributed by atoms with Gasteiger partial charge in [0, 0.05) is 29.4 Å². The van der Waals surface area contributed by atoms with Gasteiger partial charge in [-0.15, -0.1) is 11.3 Å². The number of nitrogens with zero attached hydrogens (tertiary/aromatic N) is 1. The number of rotatable bonds is 4. The molecule has 100 valence electrons. The highest BCUT2D eigenvalue weighted by Crippen LogP contribution is 2.23. The highest BCUT2D eigenvalue weighted by molar-refractivity contribution is 7.13. The van der Waals surface area contributed by atoms with E-state index in [1.54, 1.807) is 11.3 Å². The van der Waals surface area contributed by atoms with E-state index in [1.807, 2.05) is 11.6 Å². The van der Waals surface area contributed by atoms with Crippen molar-refractivity contribution in [2.24, 2.45) is 5.92 Å². The van der Waals surface area contributed by atoms with Crippen LogP contribution in [0.2, 0.25) is 0 Å². The normalized spacial score (nSPS) is 16.4. The molecule has 3 rings (SSSR count). The molecule has 0 amide bonds. The molecule has 3 nitrogen and oxygen atoms in total. The Bertz CT molecular complexity index is 487. The second-order valence-corrected chi connectivity index (χ2v) is 5.88. The lowest BCUT2D eigenvalue weighted by molar-refractivity contribution is 0.390. The molecule has 1 saturated heterocycles. The number of aromatic nitrogens is 1. The van der Waals surface area contributed by atoms with Gasteiger partial charge in [0.25, 0.3) is 0 Å². The summed E-state index contributed by atoms with van der Waals surface area (Å²) < 4.78 is 0. The van der Waals surface area contributed by atoms with Crippen molar-refractivity contribution in [3.05, 3.63) is 35.8 Å². The summed E-state index contributed by atoms with van der Waals surface area (Å²) in [5.41, 5.74) is 2.40. The monoisotopic (exact) mass is 273 g/mol. The van der Waals surface area contributed by atoms with Crippen LogP contribution in [-0.2, 0) is 0 Å². The minimum absolute atomic E-state index is 0.805. The molecule has 0 saturated carbocycles. The van der Waals surface area contributed by atoms with Crippen molar-refractivity contribution in [1.29, 1.82) is 0 Å². The molecule has 2 heterocycles. The van der Waals surface area contributed by atoms with Gasteiger partial charge in [0.2, 0.25) is 0 Å². The van der Waals surface area contributed by atoms with Crippen LogP contribution in [0, 0.1) is 5.92 Å². The molecule has 1 aliphatic rings. The summed E-state index contributed by atoms with van der Waals surface area (Å²) in [6.07, 6.45) is 4.41. The van der Waals surface area contributed by atoms with E-state index < -0.39 is 0 Å². The largest absolute Gasteiger partial charge is 0.385 e. The van der Waals surface area contributed by atoms with Crippen LogP contribution in [0.1, 0.15) is 12.8 Å². The molecule has 1 aromatic heterocycles. The molecule has 1 aliphatic heterocycles. The molecule has 0 atom stereocenters. The first-order valence-corrected chi connectivity index (χ1v) is 7.74. The number of anilines is 1. The number of hydrogen-bond acceptors (Lipinski definition) is 4. The fourth-order valence-electron chi connectivity index (χ4n) is 2.44. The second kappa shape index (κ2) is 6.17. The van der Waals surface area contributed by atoms with Gasteiger partial charge < -0.3 is 10.6 Å². The lowest BCUT2D eigenvalue weighted by Gasteiger charge is -2.23. The first kappa shape index (κ1) is 12.6. The average molecular weight is 273 g/mol. The van der Waals surface area contributed by atoms with Crippen LogP contribution in [0.25, 0.3) is 10.6 Å². The van der Waals surface area contributed by atoms with Crippen LogP contribution in [-0.4, -0.2) is 24.6 Å². The number of piperidine rings is 1. The van der Waals surface area contributed by atoms with Crippen LogP contribution in [0.3, 0.4) is 0 Å². The predicted molar refractivity (Wildman–Crippen MR) is 81.6 cm³/mol. The number of hydrogen-bond donors (Lipinski definition) is 2. The maximum absolute atomic E-state index is 4.33. The van der Waals surface area contributed by atoms with Crippen molar-refractivity contribution in [3.8, 4) is 10.6 Å². The quantitative estimate of drug-likeness (QED) is 0.898. The summed E-state index contributed by atoms with van der Waals surface area (Å²) in [6, 6.07) is 8.59. The van der Waals surface area contributed by atoms with E-state index in [1.165, 1.54) is 24.1 Å². The topological polar surface area (TPSA) is 37.0 Å². The standard InChI is InChI=1S/C15H19N3S/c1-3-14(18-11-12-5-7-16-8-6-12)4-2-13(1)15-17-9-10-19-15/h1-4,9-10,12,16,18H,5-8,11H2. The smallest absolute Gasteiger partial charge is 0.123 e. The fourth-order valence-corrected chi connectivity index (χ4v) is 3.09.